The number of halogens is 1. The van der Waals surface area contributed by atoms with Crippen molar-refractivity contribution in [3.63, 3.8) is 0 Å². The molecule has 16 heavy (non-hydrogen) atoms. The molecule has 2 aromatic rings. The molecule has 0 unspecified atom stereocenters. The van der Waals surface area contributed by atoms with Crippen LogP contribution in [0.3, 0.4) is 0 Å². The first kappa shape index (κ1) is 12.0. The molecule has 0 radical (unpaired) electrons. The van der Waals surface area contributed by atoms with E-state index in [9.17, 15) is 0 Å². The van der Waals surface area contributed by atoms with Gasteiger partial charge in [0.1, 0.15) is 0 Å². The fourth-order valence-corrected chi connectivity index (χ4v) is 3.82. The Hall–Kier alpha value is -0.450. The SMILES string of the molecule is Cc1cc(SCc2cc(Br)cs2)ccc1N. The average molecular weight is 314 g/mol. The molecule has 84 valence electrons. The smallest absolute Gasteiger partial charge is 0.0344 e. The number of nitrogen functional groups attached to an aromatic ring is 1. The molecule has 4 heteroatoms. The molecule has 0 fully saturated rings. The van der Waals surface area contributed by atoms with Gasteiger partial charge in [-0.3, -0.25) is 0 Å². The van der Waals surface area contributed by atoms with Gasteiger partial charge in [0.15, 0.2) is 0 Å². The molecule has 0 amide bonds. The Morgan fingerprint density at radius 2 is 2.19 bits per heavy atom. The summed E-state index contributed by atoms with van der Waals surface area (Å²) in [6.07, 6.45) is 0. The molecule has 1 aromatic heterocycles. The van der Waals surface area contributed by atoms with Gasteiger partial charge in [0.25, 0.3) is 0 Å². The summed E-state index contributed by atoms with van der Waals surface area (Å²) < 4.78 is 1.17. The largest absolute Gasteiger partial charge is 0.399 e. The van der Waals surface area contributed by atoms with E-state index in [4.69, 9.17) is 5.73 Å². The Bertz CT molecular complexity index is 494. The fourth-order valence-electron chi connectivity index (χ4n) is 1.32. The maximum absolute atomic E-state index is 5.79. The fraction of sp³-hybridized carbons (Fsp3) is 0.167. The minimum atomic E-state index is 0.864. The lowest BCUT2D eigenvalue weighted by Gasteiger charge is -2.03. The van der Waals surface area contributed by atoms with E-state index < -0.39 is 0 Å². The third kappa shape index (κ3) is 3.03. The summed E-state index contributed by atoms with van der Waals surface area (Å²) in [5.74, 6) is 1.01. The Kier molecular flexibility index (Phi) is 3.95. The Balaban J connectivity index is 2.02. The summed E-state index contributed by atoms with van der Waals surface area (Å²) in [7, 11) is 0. The lowest BCUT2D eigenvalue weighted by Crippen LogP contribution is -1.88. The molecule has 0 saturated carbocycles. The van der Waals surface area contributed by atoms with Gasteiger partial charge in [-0.2, -0.15) is 0 Å². The van der Waals surface area contributed by atoms with Gasteiger partial charge in [-0.05, 0) is 52.7 Å². The van der Waals surface area contributed by atoms with E-state index in [2.05, 4.69) is 39.5 Å². The number of thiophene rings is 1. The van der Waals surface area contributed by atoms with Crippen molar-refractivity contribution in [1.82, 2.24) is 0 Å². The molecule has 2 rings (SSSR count). The Morgan fingerprint density at radius 1 is 1.38 bits per heavy atom. The van der Waals surface area contributed by atoms with Gasteiger partial charge >= 0.3 is 0 Å². The molecule has 1 aromatic carbocycles. The number of anilines is 1. The van der Waals surface area contributed by atoms with Gasteiger partial charge in [-0.15, -0.1) is 23.1 Å². The Labute approximate surface area is 112 Å². The number of rotatable bonds is 3. The molecular weight excluding hydrogens is 302 g/mol. The van der Waals surface area contributed by atoms with E-state index in [1.807, 2.05) is 24.8 Å². The van der Waals surface area contributed by atoms with Crippen LogP contribution in [-0.4, -0.2) is 0 Å². The average Bonchev–Trinajstić information content (AvgIpc) is 2.66. The van der Waals surface area contributed by atoms with Crippen LogP contribution in [0.1, 0.15) is 10.4 Å². The highest BCUT2D eigenvalue weighted by Crippen LogP contribution is 2.29. The number of hydrogen-bond donors (Lipinski definition) is 1. The molecule has 0 aliphatic rings. The van der Waals surface area contributed by atoms with Crippen molar-refractivity contribution in [2.75, 3.05) is 5.73 Å². The van der Waals surface area contributed by atoms with Crippen LogP contribution in [0, 0.1) is 6.92 Å². The van der Waals surface area contributed by atoms with Crippen LogP contribution in [0.25, 0.3) is 0 Å². The number of hydrogen-bond acceptors (Lipinski definition) is 3. The van der Waals surface area contributed by atoms with Crippen molar-refractivity contribution in [3.8, 4) is 0 Å². The topological polar surface area (TPSA) is 26.0 Å². The van der Waals surface area contributed by atoms with Crippen molar-refractivity contribution in [1.29, 1.82) is 0 Å². The standard InChI is InChI=1S/C12H12BrNS2/c1-8-4-10(2-3-12(8)14)16-7-11-5-9(13)6-15-11/h2-6H,7,14H2,1H3. The molecule has 0 aliphatic heterocycles. The zero-order chi connectivity index (χ0) is 11.5. The van der Waals surface area contributed by atoms with Crippen molar-refractivity contribution in [2.45, 2.75) is 17.6 Å². The van der Waals surface area contributed by atoms with E-state index in [-0.39, 0.29) is 0 Å². The molecule has 0 aliphatic carbocycles. The van der Waals surface area contributed by atoms with Crippen molar-refractivity contribution in [2.24, 2.45) is 0 Å². The molecule has 0 bridgehead atoms. The van der Waals surface area contributed by atoms with E-state index >= 15 is 0 Å². The predicted octanol–water partition coefficient (Wildman–Crippen LogP) is 4.69. The van der Waals surface area contributed by atoms with Gasteiger partial charge in [0.2, 0.25) is 0 Å². The Morgan fingerprint density at radius 3 is 2.81 bits per heavy atom. The van der Waals surface area contributed by atoms with E-state index in [0.717, 1.165) is 17.0 Å². The van der Waals surface area contributed by atoms with Gasteiger partial charge in [0, 0.05) is 31.1 Å². The summed E-state index contributed by atoms with van der Waals surface area (Å²) in [5.41, 5.74) is 7.80. The van der Waals surface area contributed by atoms with Crippen molar-refractivity contribution >= 4 is 44.7 Å². The molecule has 1 nitrogen and oxygen atoms in total. The van der Waals surface area contributed by atoms with Crippen LogP contribution in [0.15, 0.2) is 39.0 Å². The first-order valence-electron chi connectivity index (χ1n) is 4.87. The van der Waals surface area contributed by atoms with Gasteiger partial charge in [-0.25, -0.2) is 0 Å². The second-order valence-corrected chi connectivity index (χ2v) is 6.50. The van der Waals surface area contributed by atoms with Gasteiger partial charge in [-0.1, -0.05) is 0 Å². The quantitative estimate of drug-likeness (QED) is 0.657. The first-order valence-corrected chi connectivity index (χ1v) is 7.53. The molecule has 2 N–H and O–H groups in total. The zero-order valence-corrected chi connectivity index (χ0v) is 12.1. The van der Waals surface area contributed by atoms with Crippen LogP contribution in [0.2, 0.25) is 0 Å². The second-order valence-electron chi connectivity index (χ2n) is 3.54. The first-order chi connectivity index (χ1) is 7.65. The monoisotopic (exact) mass is 313 g/mol. The number of nitrogens with two attached hydrogens (primary N) is 1. The highest BCUT2D eigenvalue weighted by atomic mass is 79.9. The lowest BCUT2D eigenvalue weighted by molar-refractivity contribution is 1.35. The molecule has 1 heterocycles. The summed E-state index contributed by atoms with van der Waals surface area (Å²) in [5, 5.41) is 2.12. The van der Waals surface area contributed by atoms with Crippen LogP contribution in [-0.2, 0) is 5.75 Å². The second kappa shape index (κ2) is 5.25. The molecule has 0 spiro atoms. The minimum Gasteiger partial charge on any atom is -0.399 e. The maximum atomic E-state index is 5.79. The normalized spacial score (nSPS) is 10.6. The van der Waals surface area contributed by atoms with E-state index in [1.54, 1.807) is 11.3 Å². The number of thioether (sulfide) groups is 1. The minimum absolute atomic E-state index is 0.864. The zero-order valence-electron chi connectivity index (χ0n) is 8.87. The molecular formula is C12H12BrNS2. The number of aryl methyl sites for hydroxylation is 1. The maximum Gasteiger partial charge on any atom is 0.0344 e. The van der Waals surface area contributed by atoms with Crippen LogP contribution in [0.5, 0.6) is 0 Å². The van der Waals surface area contributed by atoms with Gasteiger partial charge in [0.05, 0.1) is 0 Å². The summed E-state index contributed by atoms with van der Waals surface area (Å²) in [6, 6.07) is 8.36. The van der Waals surface area contributed by atoms with Crippen LogP contribution >= 0.6 is 39.0 Å². The van der Waals surface area contributed by atoms with Crippen molar-refractivity contribution in [3.05, 3.63) is 44.6 Å². The third-order valence-electron chi connectivity index (χ3n) is 2.24. The third-order valence-corrected chi connectivity index (χ3v) is 5.17. The van der Waals surface area contributed by atoms with Crippen molar-refractivity contribution < 1.29 is 0 Å². The van der Waals surface area contributed by atoms with E-state index in [0.29, 0.717) is 0 Å². The predicted molar refractivity (Wildman–Crippen MR) is 77.2 cm³/mol. The summed E-state index contributed by atoms with van der Waals surface area (Å²) in [6.45, 7) is 2.04. The molecule has 0 saturated heterocycles. The summed E-state index contributed by atoms with van der Waals surface area (Å²) in [4.78, 5) is 2.66. The van der Waals surface area contributed by atoms with Crippen LogP contribution in [0.4, 0.5) is 5.69 Å². The lowest BCUT2D eigenvalue weighted by atomic mass is 10.2. The highest BCUT2D eigenvalue weighted by Gasteiger charge is 2.01. The van der Waals surface area contributed by atoms with E-state index in [1.165, 1.54) is 14.2 Å². The number of benzene rings is 1. The van der Waals surface area contributed by atoms with Crippen LogP contribution < -0.4 is 5.73 Å². The van der Waals surface area contributed by atoms with Gasteiger partial charge < -0.3 is 5.73 Å². The molecule has 0 atom stereocenters. The highest BCUT2D eigenvalue weighted by molar-refractivity contribution is 9.10. The summed E-state index contributed by atoms with van der Waals surface area (Å²) >= 11 is 7.09.